The molecule has 0 saturated heterocycles. The lowest BCUT2D eigenvalue weighted by molar-refractivity contribution is 0.0916. The van der Waals surface area contributed by atoms with Gasteiger partial charge in [-0.05, 0) is 29.5 Å². The van der Waals surface area contributed by atoms with Gasteiger partial charge in [0.1, 0.15) is 0 Å². The number of nitrogens with zero attached hydrogens (tertiary/aromatic N) is 1. The van der Waals surface area contributed by atoms with Gasteiger partial charge in [0.25, 0.3) is 0 Å². The highest BCUT2D eigenvalue weighted by Gasteiger charge is 2.33. The molecule has 1 heterocycles. The summed E-state index contributed by atoms with van der Waals surface area (Å²) >= 11 is 13.9. The van der Waals surface area contributed by atoms with Crippen LogP contribution in [-0.4, -0.2) is 10.8 Å². The zero-order valence-electron chi connectivity index (χ0n) is 11.9. The Hall–Kier alpha value is -0.900. The molecular formula is C16H15Cl2NOS. The number of benzene rings is 1. The standard InChI is InChI=1S/C16H15Cl2NOS/c1-16(2)7-12-15(13(20)8-16)21-14(19-12)6-9-10(17)4-3-5-11(9)18/h3-5H,6-8H2,1-2H3. The Balaban J connectivity index is 1.94. The van der Waals surface area contributed by atoms with Crippen molar-refractivity contribution < 1.29 is 4.79 Å². The van der Waals surface area contributed by atoms with Crippen LogP contribution in [0.1, 0.15) is 46.2 Å². The van der Waals surface area contributed by atoms with Crippen molar-refractivity contribution in [2.45, 2.75) is 33.1 Å². The number of Topliss-reactive ketones (excluding diaryl/α,β-unsaturated/α-hetero) is 1. The second kappa shape index (κ2) is 5.38. The summed E-state index contributed by atoms with van der Waals surface area (Å²) in [6.07, 6.45) is 2.01. The van der Waals surface area contributed by atoms with Crippen LogP contribution < -0.4 is 0 Å². The van der Waals surface area contributed by atoms with Gasteiger partial charge in [0, 0.05) is 22.9 Å². The number of aromatic nitrogens is 1. The van der Waals surface area contributed by atoms with E-state index >= 15 is 0 Å². The second-order valence-electron chi connectivity index (χ2n) is 6.20. The van der Waals surface area contributed by atoms with Crippen LogP contribution in [0.3, 0.4) is 0 Å². The summed E-state index contributed by atoms with van der Waals surface area (Å²) in [6, 6.07) is 5.47. The summed E-state index contributed by atoms with van der Waals surface area (Å²) in [5.74, 6) is 0.204. The van der Waals surface area contributed by atoms with Crippen molar-refractivity contribution in [1.82, 2.24) is 4.98 Å². The Morgan fingerprint density at radius 1 is 1.24 bits per heavy atom. The molecule has 0 atom stereocenters. The first-order chi connectivity index (χ1) is 9.85. The third-order valence-corrected chi connectivity index (χ3v) is 5.52. The van der Waals surface area contributed by atoms with Crippen molar-refractivity contribution in [1.29, 1.82) is 0 Å². The second-order valence-corrected chi connectivity index (χ2v) is 8.10. The van der Waals surface area contributed by atoms with Gasteiger partial charge in [0.15, 0.2) is 5.78 Å². The zero-order valence-corrected chi connectivity index (χ0v) is 14.2. The Bertz CT molecular complexity index is 701. The van der Waals surface area contributed by atoms with Gasteiger partial charge >= 0.3 is 0 Å². The first-order valence-electron chi connectivity index (χ1n) is 6.80. The van der Waals surface area contributed by atoms with Gasteiger partial charge in [-0.15, -0.1) is 11.3 Å². The summed E-state index contributed by atoms with van der Waals surface area (Å²) in [4.78, 5) is 17.7. The molecule has 0 unspecified atom stereocenters. The van der Waals surface area contributed by atoms with Gasteiger partial charge in [0.2, 0.25) is 0 Å². The smallest absolute Gasteiger partial charge is 0.175 e. The number of halogens is 2. The molecule has 5 heteroatoms. The molecule has 0 spiro atoms. The SMILES string of the molecule is CC1(C)CC(=O)c2sc(Cc3c(Cl)cccc3Cl)nc2C1. The average molecular weight is 340 g/mol. The van der Waals surface area contributed by atoms with E-state index < -0.39 is 0 Å². The van der Waals surface area contributed by atoms with Crippen LogP contribution in [0.2, 0.25) is 10.0 Å². The molecule has 2 aromatic rings. The molecule has 1 aromatic carbocycles. The van der Waals surface area contributed by atoms with E-state index in [1.54, 1.807) is 0 Å². The third kappa shape index (κ3) is 3.01. The van der Waals surface area contributed by atoms with E-state index in [-0.39, 0.29) is 11.2 Å². The number of thiazole rings is 1. The first kappa shape index (κ1) is 15.0. The first-order valence-corrected chi connectivity index (χ1v) is 8.38. The van der Waals surface area contributed by atoms with E-state index in [1.807, 2.05) is 18.2 Å². The Labute approximate surface area is 138 Å². The molecule has 0 bridgehead atoms. The van der Waals surface area contributed by atoms with Gasteiger partial charge < -0.3 is 0 Å². The van der Waals surface area contributed by atoms with Gasteiger partial charge in [-0.25, -0.2) is 4.98 Å². The minimum absolute atomic E-state index is 0.00252. The van der Waals surface area contributed by atoms with Gasteiger partial charge in [-0.1, -0.05) is 43.1 Å². The molecule has 0 aliphatic heterocycles. The third-order valence-electron chi connectivity index (χ3n) is 3.67. The van der Waals surface area contributed by atoms with Crippen LogP contribution >= 0.6 is 34.5 Å². The van der Waals surface area contributed by atoms with Crippen molar-refractivity contribution in [2.75, 3.05) is 0 Å². The number of carbonyl (C=O) groups is 1. The Kier molecular flexibility index (Phi) is 3.85. The highest BCUT2D eigenvalue weighted by molar-refractivity contribution is 7.13. The summed E-state index contributed by atoms with van der Waals surface area (Å²) in [5.41, 5.74) is 1.80. The zero-order chi connectivity index (χ0) is 15.2. The molecule has 0 fully saturated rings. The Morgan fingerprint density at radius 3 is 2.57 bits per heavy atom. The predicted octanol–water partition coefficient (Wildman–Crippen LogP) is 5.20. The molecule has 0 radical (unpaired) electrons. The molecule has 0 N–H and O–H groups in total. The van der Waals surface area contributed by atoms with Crippen LogP contribution in [-0.2, 0) is 12.8 Å². The van der Waals surface area contributed by atoms with E-state index in [0.29, 0.717) is 22.9 Å². The quantitative estimate of drug-likeness (QED) is 0.752. The van der Waals surface area contributed by atoms with Crippen LogP contribution in [0.5, 0.6) is 0 Å². The fraction of sp³-hybridized carbons (Fsp3) is 0.375. The van der Waals surface area contributed by atoms with E-state index in [2.05, 4.69) is 18.8 Å². The van der Waals surface area contributed by atoms with Crippen LogP contribution in [0, 0.1) is 5.41 Å². The predicted molar refractivity (Wildman–Crippen MR) is 87.8 cm³/mol. The lowest BCUT2D eigenvalue weighted by Gasteiger charge is -2.26. The summed E-state index contributed by atoms with van der Waals surface area (Å²) in [6.45, 7) is 4.22. The van der Waals surface area contributed by atoms with E-state index in [1.165, 1.54) is 11.3 Å². The minimum Gasteiger partial charge on any atom is -0.293 e. The summed E-state index contributed by atoms with van der Waals surface area (Å²) in [7, 11) is 0. The van der Waals surface area contributed by atoms with E-state index in [4.69, 9.17) is 23.2 Å². The maximum Gasteiger partial charge on any atom is 0.175 e. The molecule has 21 heavy (non-hydrogen) atoms. The lowest BCUT2D eigenvalue weighted by Crippen LogP contribution is -2.26. The van der Waals surface area contributed by atoms with E-state index in [9.17, 15) is 4.79 Å². The summed E-state index contributed by atoms with van der Waals surface area (Å²) < 4.78 is 0. The maximum absolute atomic E-state index is 12.2. The molecule has 110 valence electrons. The number of fused-ring (bicyclic) bond motifs is 1. The summed E-state index contributed by atoms with van der Waals surface area (Å²) in [5, 5.41) is 2.19. The highest BCUT2D eigenvalue weighted by atomic mass is 35.5. The monoisotopic (exact) mass is 339 g/mol. The van der Waals surface area contributed by atoms with Crippen molar-refractivity contribution in [3.8, 4) is 0 Å². The molecule has 2 nitrogen and oxygen atoms in total. The molecule has 0 amide bonds. The lowest BCUT2D eigenvalue weighted by atomic mass is 9.78. The topological polar surface area (TPSA) is 30.0 Å². The van der Waals surface area contributed by atoms with Crippen LogP contribution in [0.15, 0.2) is 18.2 Å². The fourth-order valence-electron chi connectivity index (χ4n) is 2.70. The largest absolute Gasteiger partial charge is 0.293 e. The fourth-order valence-corrected chi connectivity index (χ4v) is 4.26. The molecule has 1 aliphatic rings. The molecular weight excluding hydrogens is 325 g/mol. The van der Waals surface area contributed by atoms with Crippen LogP contribution in [0.25, 0.3) is 0 Å². The number of hydrogen-bond donors (Lipinski definition) is 0. The van der Waals surface area contributed by atoms with Crippen molar-refractivity contribution >= 4 is 40.3 Å². The van der Waals surface area contributed by atoms with Gasteiger partial charge in [-0.3, -0.25) is 4.79 Å². The minimum atomic E-state index is -0.00252. The number of carbonyl (C=O) groups excluding carboxylic acids is 1. The van der Waals surface area contributed by atoms with Crippen molar-refractivity contribution in [3.05, 3.63) is 49.4 Å². The number of rotatable bonds is 2. The average Bonchev–Trinajstić information content (AvgIpc) is 2.75. The number of ketones is 1. The molecule has 0 saturated carbocycles. The van der Waals surface area contributed by atoms with Gasteiger partial charge in [-0.2, -0.15) is 0 Å². The van der Waals surface area contributed by atoms with E-state index in [0.717, 1.165) is 27.6 Å². The van der Waals surface area contributed by atoms with Crippen molar-refractivity contribution in [2.24, 2.45) is 5.41 Å². The molecule has 3 rings (SSSR count). The normalized spacial score (nSPS) is 16.9. The Morgan fingerprint density at radius 2 is 1.90 bits per heavy atom. The number of hydrogen-bond acceptors (Lipinski definition) is 3. The van der Waals surface area contributed by atoms with Gasteiger partial charge in [0.05, 0.1) is 15.6 Å². The maximum atomic E-state index is 12.2. The van der Waals surface area contributed by atoms with Crippen molar-refractivity contribution in [3.63, 3.8) is 0 Å². The van der Waals surface area contributed by atoms with Crippen LogP contribution in [0.4, 0.5) is 0 Å². The molecule has 1 aliphatic carbocycles. The highest BCUT2D eigenvalue weighted by Crippen LogP contribution is 2.38. The molecule has 1 aromatic heterocycles.